The molecule has 2 N–H and O–H groups in total. The van der Waals surface area contributed by atoms with Crippen LogP contribution in [0.15, 0.2) is 23.2 Å². The number of hydrogen-bond donors (Lipinski definition) is 1. The Kier molecular flexibility index (Phi) is 3.50. The minimum atomic E-state index is -0.204. The molecule has 0 saturated heterocycles. The summed E-state index contributed by atoms with van der Waals surface area (Å²) in [6.45, 7) is 9.25. The highest BCUT2D eigenvalue weighted by Gasteiger charge is 2.16. The van der Waals surface area contributed by atoms with Crippen molar-refractivity contribution in [3.05, 3.63) is 23.2 Å². The van der Waals surface area contributed by atoms with Crippen LogP contribution in [0, 0.1) is 5.41 Å². The molecule has 0 bridgehead atoms. The van der Waals surface area contributed by atoms with Crippen LogP contribution >= 0.6 is 0 Å². The highest BCUT2D eigenvalue weighted by molar-refractivity contribution is 5.29. The molecule has 0 heterocycles. The van der Waals surface area contributed by atoms with E-state index in [0.29, 0.717) is 5.70 Å². The van der Waals surface area contributed by atoms with Gasteiger partial charge in [-0.1, -0.05) is 20.8 Å². The van der Waals surface area contributed by atoms with E-state index in [2.05, 4.69) is 0 Å². The topological polar surface area (TPSA) is 26.0 Å². The highest BCUT2D eigenvalue weighted by Crippen LogP contribution is 2.28. The van der Waals surface area contributed by atoms with Crippen LogP contribution in [0.3, 0.4) is 0 Å². The zero-order chi connectivity index (χ0) is 9.94. The summed E-state index contributed by atoms with van der Waals surface area (Å²) in [6, 6.07) is 0. The third-order valence-electron chi connectivity index (χ3n) is 1.58. The molecule has 2 heteroatoms. The predicted octanol–water partition coefficient (Wildman–Crippen LogP) is 3.14. The summed E-state index contributed by atoms with van der Waals surface area (Å²) in [5, 5.41) is 0. The van der Waals surface area contributed by atoms with E-state index in [1.807, 2.05) is 20.8 Å². The number of allylic oxidation sites excluding steroid dienone is 4. The van der Waals surface area contributed by atoms with E-state index in [1.165, 1.54) is 13.0 Å². The van der Waals surface area contributed by atoms with E-state index in [0.717, 1.165) is 5.57 Å². The summed E-state index contributed by atoms with van der Waals surface area (Å²) in [4.78, 5) is 0. The molecule has 0 spiro atoms. The number of rotatable bonds is 1. The fourth-order valence-electron chi connectivity index (χ4n) is 1.12. The Balaban J connectivity index is 4.99. The Morgan fingerprint density at radius 1 is 1.25 bits per heavy atom. The van der Waals surface area contributed by atoms with Crippen LogP contribution in [0.5, 0.6) is 0 Å². The Hall–Kier alpha value is -0.790. The minimum Gasteiger partial charge on any atom is -0.402 e. The van der Waals surface area contributed by atoms with E-state index >= 15 is 0 Å². The van der Waals surface area contributed by atoms with Gasteiger partial charge in [0.05, 0.1) is 5.83 Å². The van der Waals surface area contributed by atoms with Crippen molar-refractivity contribution >= 4 is 0 Å². The highest BCUT2D eigenvalue weighted by atomic mass is 19.1. The van der Waals surface area contributed by atoms with Crippen LogP contribution in [0.2, 0.25) is 0 Å². The first kappa shape index (κ1) is 11.2. The van der Waals surface area contributed by atoms with Crippen LogP contribution in [-0.2, 0) is 0 Å². The smallest absolute Gasteiger partial charge is 0.0972 e. The van der Waals surface area contributed by atoms with Gasteiger partial charge in [0.25, 0.3) is 0 Å². The molecule has 1 nitrogen and oxygen atoms in total. The first-order chi connectivity index (χ1) is 5.25. The zero-order valence-electron chi connectivity index (χ0n) is 8.53. The van der Waals surface area contributed by atoms with Crippen LogP contribution in [0.1, 0.15) is 34.6 Å². The molecule has 0 unspecified atom stereocenters. The summed E-state index contributed by atoms with van der Waals surface area (Å²) in [7, 11) is 0. The molecule has 0 aliphatic heterocycles. The van der Waals surface area contributed by atoms with Gasteiger partial charge in [0, 0.05) is 5.70 Å². The number of nitrogens with two attached hydrogens (primary N) is 1. The summed E-state index contributed by atoms with van der Waals surface area (Å²) in [6.07, 6.45) is 1.50. The summed E-state index contributed by atoms with van der Waals surface area (Å²) in [5.41, 5.74) is 7.09. The first-order valence-corrected chi connectivity index (χ1v) is 4.06. The molecule has 0 rings (SSSR count). The largest absolute Gasteiger partial charge is 0.402 e. The van der Waals surface area contributed by atoms with Crippen molar-refractivity contribution in [2.24, 2.45) is 11.1 Å². The number of hydrogen-bond acceptors (Lipinski definition) is 1. The predicted molar refractivity (Wildman–Crippen MR) is 51.2 cm³/mol. The zero-order valence-corrected chi connectivity index (χ0v) is 8.53. The van der Waals surface area contributed by atoms with Gasteiger partial charge >= 0.3 is 0 Å². The summed E-state index contributed by atoms with van der Waals surface area (Å²) in [5.74, 6) is -0.204. The Morgan fingerprint density at radius 2 is 1.67 bits per heavy atom. The molecule has 0 atom stereocenters. The maximum atomic E-state index is 12.6. The van der Waals surface area contributed by atoms with Crippen molar-refractivity contribution in [2.45, 2.75) is 34.6 Å². The van der Waals surface area contributed by atoms with E-state index in [9.17, 15) is 4.39 Å². The standard InChI is InChI=1S/C10H18FN/c1-7(11)6-9(8(2)12)10(3,4)5/h6H,12H2,1-5H3/b7-6+,9-8+. The van der Waals surface area contributed by atoms with Gasteiger partial charge in [-0.25, -0.2) is 4.39 Å². The monoisotopic (exact) mass is 171 g/mol. The lowest BCUT2D eigenvalue weighted by Crippen LogP contribution is -2.13. The van der Waals surface area contributed by atoms with Crippen molar-refractivity contribution in [3.63, 3.8) is 0 Å². The van der Waals surface area contributed by atoms with Crippen LogP contribution in [0.25, 0.3) is 0 Å². The quantitative estimate of drug-likeness (QED) is 0.603. The van der Waals surface area contributed by atoms with E-state index in [1.54, 1.807) is 6.92 Å². The molecule has 0 aromatic carbocycles. The molecule has 0 aromatic heterocycles. The average Bonchev–Trinajstić information content (AvgIpc) is 1.79. The van der Waals surface area contributed by atoms with Gasteiger partial charge in [0.1, 0.15) is 0 Å². The number of halogens is 1. The molecular formula is C10H18FN. The Morgan fingerprint density at radius 3 is 1.75 bits per heavy atom. The lowest BCUT2D eigenvalue weighted by molar-refractivity contribution is 0.506. The van der Waals surface area contributed by atoms with E-state index in [4.69, 9.17) is 5.73 Å². The first-order valence-electron chi connectivity index (χ1n) is 4.06. The van der Waals surface area contributed by atoms with Gasteiger partial charge in [-0.15, -0.1) is 0 Å². The molecule has 0 amide bonds. The van der Waals surface area contributed by atoms with Gasteiger partial charge in [-0.05, 0) is 30.9 Å². The third-order valence-corrected chi connectivity index (χ3v) is 1.58. The molecule has 70 valence electrons. The second-order valence-electron chi connectivity index (χ2n) is 4.08. The summed E-state index contributed by atoms with van der Waals surface area (Å²) >= 11 is 0. The molecule has 0 aromatic rings. The maximum Gasteiger partial charge on any atom is 0.0972 e. The second kappa shape index (κ2) is 3.74. The van der Waals surface area contributed by atoms with Crippen molar-refractivity contribution in [1.82, 2.24) is 0 Å². The Labute approximate surface area is 74.1 Å². The molecule has 0 radical (unpaired) electrons. The normalized spacial score (nSPS) is 16.0. The molecule has 0 fully saturated rings. The van der Waals surface area contributed by atoms with Gasteiger partial charge < -0.3 is 5.73 Å². The summed E-state index contributed by atoms with van der Waals surface area (Å²) < 4.78 is 12.6. The third kappa shape index (κ3) is 3.56. The van der Waals surface area contributed by atoms with Crippen LogP contribution < -0.4 is 5.73 Å². The lowest BCUT2D eigenvalue weighted by Gasteiger charge is -2.21. The van der Waals surface area contributed by atoms with Crippen molar-refractivity contribution in [1.29, 1.82) is 0 Å². The maximum absolute atomic E-state index is 12.6. The van der Waals surface area contributed by atoms with Gasteiger partial charge in [0.15, 0.2) is 0 Å². The van der Waals surface area contributed by atoms with Crippen LogP contribution in [-0.4, -0.2) is 0 Å². The van der Waals surface area contributed by atoms with Gasteiger partial charge in [0.2, 0.25) is 0 Å². The molecule has 12 heavy (non-hydrogen) atoms. The van der Waals surface area contributed by atoms with Crippen molar-refractivity contribution in [3.8, 4) is 0 Å². The van der Waals surface area contributed by atoms with Crippen molar-refractivity contribution in [2.75, 3.05) is 0 Å². The SMILES string of the molecule is C/C(F)=C\C(=C(\C)N)C(C)(C)C. The second-order valence-corrected chi connectivity index (χ2v) is 4.08. The fraction of sp³-hybridized carbons (Fsp3) is 0.600. The Bertz CT molecular complexity index is 210. The molecule has 0 aliphatic rings. The van der Waals surface area contributed by atoms with Crippen LogP contribution in [0.4, 0.5) is 4.39 Å². The van der Waals surface area contributed by atoms with E-state index in [-0.39, 0.29) is 11.2 Å². The van der Waals surface area contributed by atoms with E-state index < -0.39 is 0 Å². The molecule has 0 saturated carbocycles. The molecular weight excluding hydrogens is 153 g/mol. The van der Waals surface area contributed by atoms with Crippen molar-refractivity contribution < 1.29 is 4.39 Å². The lowest BCUT2D eigenvalue weighted by atomic mass is 9.85. The average molecular weight is 171 g/mol. The molecule has 0 aliphatic carbocycles. The van der Waals surface area contributed by atoms with Gasteiger partial charge in [-0.2, -0.15) is 0 Å². The fourth-order valence-corrected chi connectivity index (χ4v) is 1.12. The minimum absolute atomic E-state index is 0.0911. The van der Waals surface area contributed by atoms with Gasteiger partial charge in [-0.3, -0.25) is 0 Å².